The average Bonchev–Trinajstić information content (AvgIpc) is 2.49. The molecule has 1 aliphatic rings. The van der Waals surface area contributed by atoms with E-state index in [-0.39, 0.29) is 11.7 Å². The van der Waals surface area contributed by atoms with E-state index in [1.165, 1.54) is 16.7 Å². The minimum Gasteiger partial charge on any atom is -0.480 e. The van der Waals surface area contributed by atoms with Crippen LogP contribution in [-0.2, 0) is 9.59 Å². The molecule has 1 heterocycles. The molecule has 4 nitrogen and oxygen atoms in total. The van der Waals surface area contributed by atoms with Crippen molar-refractivity contribution >= 4 is 51.9 Å². The highest BCUT2D eigenvalue weighted by Gasteiger charge is 2.36. The molecular weight excluding hydrogens is 254 g/mol. The van der Waals surface area contributed by atoms with Crippen LogP contribution >= 0.6 is 35.7 Å². The van der Waals surface area contributed by atoms with Gasteiger partial charge in [0.2, 0.25) is 5.91 Å². The molecule has 15 heavy (non-hydrogen) atoms. The summed E-state index contributed by atoms with van der Waals surface area (Å²) >= 11 is 7.75. The molecule has 1 amide bonds. The molecule has 0 aliphatic carbocycles. The number of carbonyl (C=O) groups is 2. The van der Waals surface area contributed by atoms with E-state index in [2.05, 4.69) is 0 Å². The van der Waals surface area contributed by atoms with E-state index in [9.17, 15) is 9.59 Å². The molecule has 1 saturated heterocycles. The number of hydrogen-bond acceptors (Lipinski definition) is 5. The number of amides is 1. The van der Waals surface area contributed by atoms with Gasteiger partial charge in [-0.25, -0.2) is 4.79 Å². The Morgan fingerprint density at radius 2 is 2.47 bits per heavy atom. The number of carbonyl (C=O) groups excluding carboxylic acids is 1. The molecule has 1 rings (SSSR count). The lowest BCUT2D eigenvalue weighted by Crippen LogP contribution is -2.44. The van der Waals surface area contributed by atoms with Crippen molar-refractivity contribution in [2.45, 2.75) is 12.5 Å². The molecule has 0 spiro atoms. The molecule has 0 unspecified atom stereocenters. The summed E-state index contributed by atoms with van der Waals surface area (Å²) in [5.41, 5.74) is 0. The normalized spacial score (nSPS) is 18.3. The van der Waals surface area contributed by atoms with Gasteiger partial charge in [-0.15, -0.1) is 0 Å². The molecule has 7 heteroatoms. The fourth-order valence-electron chi connectivity index (χ4n) is 1.26. The number of nitrogens with zero attached hydrogens (tertiary/aromatic N) is 1. The molecule has 0 bridgehead atoms. The number of aliphatic carboxylic acids is 1. The molecule has 0 aromatic heterocycles. The molecular formula is C8H11NO3S3. The SMILES string of the molecule is CSCC[C@H](C(=O)O)N1C(=O)CSC1=S. The Morgan fingerprint density at radius 3 is 2.87 bits per heavy atom. The van der Waals surface area contributed by atoms with Crippen molar-refractivity contribution < 1.29 is 14.7 Å². The van der Waals surface area contributed by atoms with E-state index in [4.69, 9.17) is 17.3 Å². The highest BCUT2D eigenvalue weighted by Crippen LogP contribution is 2.23. The average molecular weight is 265 g/mol. The molecule has 0 aromatic rings. The Hall–Kier alpha value is -0.270. The minimum absolute atomic E-state index is 0.196. The van der Waals surface area contributed by atoms with Crippen LogP contribution in [0.3, 0.4) is 0 Å². The summed E-state index contributed by atoms with van der Waals surface area (Å²) in [6, 6.07) is -0.799. The second kappa shape index (κ2) is 5.72. The van der Waals surface area contributed by atoms with Crippen molar-refractivity contribution in [1.82, 2.24) is 4.90 Å². The van der Waals surface area contributed by atoms with E-state index >= 15 is 0 Å². The van der Waals surface area contributed by atoms with Gasteiger partial charge in [-0.3, -0.25) is 9.69 Å². The Kier molecular flexibility index (Phi) is 4.88. The lowest BCUT2D eigenvalue weighted by Gasteiger charge is -2.22. The first-order chi connectivity index (χ1) is 7.07. The topological polar surface area (TPSA) is 57.6 Å². The largest absolute Gasteiger partial charge is 0.480 e. The van der Waals surface area contributed by atoms with Crippen LogP contribution in [0.1, 0.15) is 6.42 Å². The Labute approximate surface area is 102 Å². The van der Waals surface area contributed by atoms with E-state index in [0.29, 0.717) is 16.5 Å². The number of carboxylic acids is 1. The van der Waals surface area contributed by atoms with Gasteiger partial charge in [-0.1, -0.05) is 24.0 Å². The van der Waals surface area contributed by atoms with Crippen LogP contribution in [0, 0.1) is 0 Å². The Morgan fingerprint density at radius 1 is 1.80 bits per heavy atom. The van der Waals surface area contributed by atoms with Crippen molar-refractivity contribution in [2.24, 2.45) is 0 Å². The number of thioether (sulfide) groups is 2. The third-order valence-corrected chi connectivity index (χ3v) is 4.01. The summed E-state index contributed by atoms with van der Waals surface area (Å²) in [7, 11) is 0. The maximum absolute atomic E-state index is 11.4. The van der Waals surface area contributed by atoms with E-state index < -0.39 is 12.0 Å². The highest BCUT2D eigenvalue weighted by molar-refractivity contribution is 8.24. The summed E-state index contributed by atoms with van der Waals surface area (Å²) in [5, 5.41) is 9.02. The van der Waals surface area contributed by atoms with E-state index in [1.54, 1.807) is 11.8 Å². The molecule has 84 valence electrons. The van der Waals surface area contributed by atoms with E-state index in [0.717, 1.165) is 0 Å². The molecule has 0 saturated carbocycles. The maximum Gasteiger partial charge on any atom is 0.326 e. The van der Waals surface area contributed by atoms with Crippen LogP contribution in [0.25, 0.3) is 0 Å². The zero-order chi connectivity index (χ0) is 11.4. The van der Waals surface area contributed by atoms with Gasteiger partial charge < -0.3 is 5.11 Å². The zero-order valence-corrected chi connectivity index (χ0v) is 10.6. The number of thiocarbonyl (C=S) groups is 1. The first kappa shape index (κ1) is 12.8. The van der Waals surface area contributed by atoms with Crippen molar-refractivity contribution in [3.63, 3.8) is 0 Å². The summed E-state index contributed by atoms with van der Waals surface area (Å²) in [6.07, 6.45) is 2.33. The van der Waals surface area contributed by atoms with Crippen molar-refractivity contribution in [3.8, 4) is 0 Å². The quantitative estimate of drug-likeness (QED) is 0.750. The molecule has 0 aromatic carbocycles. The lowest BCUT2D eigenvalue weighted by atomic mass is 10.2. The van der Waals surface area contributed by atoms with Gasteiger partial charge in [0.1, 0.15) is 10.4 Å². The zero-order valence-electron chi connectivity index (χ0n) is 8.13. The maximum atomic E-state index is 11.4. The fourth-order valence-corrected chi connectivity index (χ4v) is 2.88. The Bertz CT molecular complexity index is 279. The van der Waals surface area contributed by atoms with Gasteiger partial charge in [0, 0.05) is 0 Å². The van der Waals surface area contributed by atoms with Crippen LogP contribution in [0.4, 0.5) is 0 Å². The monoisotopic (exact) mass is 265 g/mol. The second-order valence-corrected chi connectivity index (χ2v) is 5.55. The van der Waals surface area contributed by atoms with Gasteiger partial charge in [0.05, 0.1) is 5.75 Å². The van der Waals surface area contributed by atoms with Gasteiger partial charge in [-0.05, 0) is 18.4 Å². The number of rotatable bonds is 5. The number of carboxylic acid groups (broad SMARTS) is 1. The molecule has 1 aliphatic heterocycles. The Balaban J connectivity index is 2.74. The van der Waals surface area contributed by atoms with Gasteiger partial charge in [0.15, 0.2) is 0 Å². The lowest BCUT2D eigenvalue weighted by molar-refractivity contribution is -0.145. The van der Waals surface area contributed by atoms with Crippen molar-refractivity contribution in [1.29, 1.82) is 0 Å². The first-order valence-corrected chi connectivity index (χ1v) is 7.07. The van der Waals surface area contributed by atoms with Crippen LogP contribution < -0.4 is 0 Å². The van der Waals surface area contributed by atoms with Crippen LogP contribution in [0.15, 0.2) is 0 Å². The van der Waals surface area contributed by atoms with Gasteiger partial charge in [0.25, 0.3) is 0 Å². The summed E-state index contributed by atoms with van der Waals surface area (Å²) in [6.45, 7) is 0. The third kappa shape index (κ3) is 3.09. The van der Waals surface area contributed by atoms with Crippen LogP contribution in [-0.4, -0.2) is 50.0 Å². The van der Waals surface area contributed by atoms with E-state index in [1.807, 2.05) is 6.26 Å². The second-order valence-electron chi connectivity index (χ2n) is 2.95. The third-order valence-electron chi connectivity index (χ3n) is 1.98. The summed E-state index contributed by atoms with van der Waals surface area (Å²) in [5.74, 6) is -0.212. The van der Waals surface area contributed by atoms with Crippen LogP contribution in [0.2, 0.25) is 0 Å². The standard InChI is InChI=1S/C8H11NO3S3/c1-14-3-2-5(7(11)12)9-6(10)4-15-8(9)13/h5H,2-4H2,1H3,(H,11,12)/t5-/m1/s1. The summed E-state index contributed by atoms with van der Waals surface area (Å²) in [4.78, 5) is 23.7. The first-order valence-electron chi connectivity index (χ1n) is 4.28. The molecule has 1 N–H and O–H groups in total. The summed E-state index contributed by atoms with van der Waals surface area (Å²) < 4.78 is 0.383. The molecule has 1 fully saturated rings. The van der Waals surface area contributed by atoms with Gasteiger partial charge in [-0.2, -0.15) is 11.8 Å². The van der Waals surface area contributed by atoms with Gasteiger partial charge >= 0.3 is 5.97 Å². The number of hydrogen-bond donors (Lipinski definition) is 1. The minimum atomic E-state index is -0.984. The predicted molar refractivity (Wildman–Crippen MR) is 66.3 cm³/mol. The predicted octanol–water partition coefficient (Wildman–Crippen LogP) is 1.05. The van der Waals surface area contributed by atoms with Crippen LogP contribution in [0.5, 0.6) is 0 Å². The van der Waals surface area contributed by atoms with Crippen molar-refractivity contribution in [2.75, 3.05) is 17.8 Å². The molecule has 1 atom stereocenters. The highest BCUT2D eigenvalue weighted by atomic mass is 32.2. The van der Waals surface area contributed by atoms with Crippen molar-refractivity contribution in [3.05, 3.63) is 0 Å². The molecule has 0 radical (unpaired) electrons. The smallest absolute Gasteiger partial charge is 0.326 e. The fraction of sp³-hybridized carbons (Fsp3) is 0.625.